The standard InChI is InChI=1S/C22H23ClF2N6S/c23-20-14(15(24)4-5-16(20)25)12-31-8-2-1-3-17-21(31)28-18(11-27-17)19-13-32-22(29-19)30-9-6-26-7-10-30/h4-5,11,13,26H,1-3,6-10,12H2. The van der Waals surface area contributed by atoms with Gasteiger partial charge in [-0.2, -0.15) is 0 Å². The Morgan fingerprint density at radius 1 is 1.03 bits per heavy atom. The summed E-state index contributed by atoms with van der Waals surface area (Å²) in [5.74, 6) is -0.455. The number of hydrogen-bond donors (Lipinski definition) is 1. The predicted octanol–water partition coefficient (Wildman–Crippen LogP) is 4.28. The second-order valence-corrected chi connectivity index (χ2v) is 9.19. The zero-order valence-electron chi connectivity index (χ0n) is 17.5. The van der Waals surface area contributed by atoms with E-state index in [1.165, 1.54) is 0 Å². The Bertz CT molecular complexity index is 1120. The summed E-state index contributed by atoms with van der Waals surface area (Å²) >= 11 is 7.69. The minimum Gasteiger partial charge on any atom is -0.351 e. The van der Waals surface area contributed by atoms with Gasteiger partial charge in [-0.25, -0.2) is 18.7 Å². The molecule has 0 spiro atoms. The Hall–Kier alpha value is -2.36. The molecule has 0 aliphatic carbocycles. The Balaban J connectivity index is 1.46. The second-order valence-electron chi connectivity index (χ2n) is 7.98. The van der Waals surface area contributed by atoms with Gasteiger partial charge < -0.3 is 15.1 Å². The van der Waals surface area contributed by atoms with Crippen LogP contribution >= 0.6 is 22.9 Å². The number of thiazole rings is 1. The van der Waals surface area contributed by atoms with Crippen LogP contribution in [0.1, 0.15) is 24.1 Å². The van der Waals surface area contributed by atoms with Gasteiger partial charge >= 0.3 is 0 Å². The van der Waals surface area contributed by atoms with E-state index in [4.69, 9.17) is 21.6 Å². The first-order valence-corrected chi connectivity index (χ1v) is 12.0. The highest BCUT2D eigenvalue weighted by Gasteiger charge is 2.23. The first-order chi connectivity index (χ1) is 15.6. The van der Waals surface area contributed by atoms with Crippen molar-refractivity contribution >= 4 is 33.9 Å². The van der Waals surface area contributed by atoms with E-state index in [0.717, 1.165) is 74.1 Å². The van der Waals surface area contributed by atoms with Gasteiger partial charge in [-0.15, -0.1) is 11.3 Å². The third kappa shape index (κ3) is 4.29. The molecule has 0 saturated carbocycles. The monoisotopic (exact) mass is 476 g/mol. The maximum atomic E-state index is 14.5. The molecule has 32 heavy (non-hydrogen) atoms. The molecule has 2 aliphatic heterocycles. The molecule has 1 aromatic carbocycles. The Morgan fingerprint density at radius 3 is 2.69 bits per heavy atom. The summed E-state index contributed by atoms with van der Waals surface area (Å²) < 4.78 is 28.4. The van der Waals surface area contributed by atoms with Crippen molar-refractivity contribution in [1.29, 1.82) is 0 Å². The number of hydrogen-bond acceptors (Lipinski definition) is 7. The molecule has 1 saturated heterocycles. The zero-order valence-corrected chi connectivity index (χ0v) is 19.0. The number of aryl methyl sites for hydroxylation is 1. The molecule has 0 radical (unpaired) electrons. The van der Waals surface area contributed by atoms with Crippen LogP contribution in [0, 0.1) is 11.6 Å². The summed E-state index contributed by atoms with van der Waals surface area (Å²) in [4.78, 5) is 18.6. The lowest BCUT2D eigenvalue weighted by Crippen LogP contribution is -2.43. The molecule has 10 heteroatoms. The summed E-state index contributed by atoms with van der Waals surface area (Å²) in [6.07, 6.45) is 4.42. The number of nitrogens with zero attached hydrogens (tertiary/aromatic N) is 5. The van der Waals surface area contributed by atoms with Gasteiger partial charge in [0.1, 0.15) is 23.0 Å². The molecule has 6 nitrogen and oxygen atoms in total. The molecule has 2 aromatic heterocycles. The van der Waals surface area contributed by atoms with Crippen LogP contribution < -0.4 is 15.1 Å². The molecular weight excluding hydrogens is 454 g/mol. The average Bonchev–Trinajstić information content (AvgIpc) is 3.23. The van der Waals surface area contributed by atoms with Crippen LogP contribution in [0.4, 0.5) is 19.7 Å². The average molecular weight is 477 g/mol. The minimum absolute atomic E-state index is 0.136. The van der Waals surface area contributed by atoms with E-state index in [9.17, 15) is 8.78 Å². The number of anilines is 2. The van der Waals surface area contributed by atoms with Gasteiger partial charge in [-0.1, -0.05) is 11.6 Å². The fourth-order valence-electron chi connectivity index (χ4n) is 4.10. The van der Waals surface area contributed by atoms with E-state index >= 15 is 0 Å². The number of rotatable bonds is 4. The number of piperazine rings is 1. The summed E-state index contributed by atoms with van der Waals surface area (Å²) in [5.41, 5.74) is 2.45. The molecule has 1 N–H and O–H groups in total. The lowest BCUT2D eigenvalue weighted by atomic mass is 10.2. The molecular formula is C22H23ClF2N6S. The minimum atomic E-state index is -0.624. The van der Waals surface area contributed by atoms with E-state index in [0.29, 0.717) is 18.1 Å². The lowest BCUT2D eigenvalue weighted by Gasteiger charge is -2.26. The molecule has 2 aliphatic rings. The molecule has 0 amide bonds. The van der Waals surface area contributed by atoms with Crippen molar-refractivity contribution in [3.63, 3.8) is 0 Å². The maximum absolute atomic E-state index is 14.5. The van der Waals surface area contributed by atoms with E-state index in [-0.39, 0.29) is 17.1 Å². The largest absolute Gasteiger partial charge is 0.351 e. The molecule has 0 bridgehead atoms. The Labute approximate surface area is 194 Å². The van der Waals surface area contributed by atoms with Crippen molar-refractivity contribution in [2.45, 2.75) is 25.8 Å². The maximum Gasteiger partial charge on any atom is 0.186 e. The van der Waals surface area contributed by atoms with Crippen molar-refractivity contribution in [2.24, 2.45) is 0 Å². The van der Waals surface area contributed by atoms with Crippen molar-refractivity contribution in [3.05, 3.63) is 51.6 Å². The van der Waals surface area contributed by atoms with Crippen molar-refractivity contribution in [1.82, 2.24) is 20.3 Å². The summed E-state index contributed by atoms with van der Waals surface area (Å²) in [7, 11) is 0. The van der Waals surface area contributed by atoms with Crippen LogP contribution in [0.2, 0.25) is 5.02 Å². The molecule has 0 unspecified atom stereocenters. The third-order valence-corrected chi connectivity index (χ3v) is 7.16. The predicted molar refractivity (Wildman–Crippen MR) is 124 cm³/mol. The molecule has 5 rings (SSSR count). The fourth-order valence-corrected chi connectivity index (χ4v) is 5.19. The number of halogens is 3. The van der Waals surface area contributed by atoms with Crippen LogP contribution in [0.15, 0.2) is 23.7 Å². The van der Waals surface area contributed by atoms with Crippen LogP contribution in [0.3, 0.4) is 0 Å². The van der Waals surface area contributed by atoms with Crippen LogP contribution in [-0.2, 0) is 13.0 Å². The van der Waals surface area contributed by atoms with Crippen LogP contribution in [0.5, 0.6) is 0 Å². The fraction of sp³-hybridized carbons (Fsp3) is 0.409. The van der Waals surface area contributed by atoms with E-state index < -0.39 is 11.6 Å². The van der Waals surface area contributed by atoms with Crippen molar-refractivity contribution in [3.8, 4) is 11.4 Å². The summed E-state index contributed by atoms with van der Waals surface area (Å²) in [6.45, 7) is 4.55. The Kier molecular flexibility index (Phi) is 6.21. The van der Waals surface area contributed by atoms with E-state index in [2.05, 4.69) is 15.2 Å². The van der Waals surface area contributed by atoms with Crippen LogP contribution in [-0.4, -0.2) is 47.7 Å². The van der Waals surface area contributed by atoms with Crippen molar-refractivity contribution in [2.75, 3.05) is 42.5 Å². The van der Waals surface area contributed by atoms with Gasteiger partial charge in [0.15, 0.2) is 10.9 Å². The zero-order chi connectivity index (χ0) is 22.1. The topological polar surface area (TPSA) is 57.2 Å². The second kappa shape index (κ2) is 9.25. The number of aromatic nitrogens is 3. The molecule has 0 atom stereocenters. The highest BCUT2D eigenvalue weighted by atomic mass is 35.5. The smallest absolute Gasteiger partial charge is 0.186 e. The Morgan fingerprint density at radius 2 is 1.84 bits per heavy atom. The molecule has 4 heterocycles. The highest BCUT2D eigenvalue weighted by Crippen LogP contribution is 2.32. The number of benzene rings is 1. The quantitative estimate of drug-likeness (QED) is 0.567. The lowest BCUT2D eigenvalue weighted by molar-refractivity contribution is 0.579. The first kappa shape index (κ1) is 21.5. The van der Waals surface area contributed by atoms with Gasteiger partial charge in [-0.05, 0) is 31.4 Å². The van der Waals surface area contributed by atoms with E-state index in [1.807, 2.05) is 10.3 Å². The van der Waals surface area contributed by atoms with E-state index in [1.54, 1.807) is 17.5 Å². The van der Waals surface area contributed by atoms with Gasteiger partial charge in [0.05, 0.1) is 16.9 Å². The van der Waals surface area contributed by atoms with Crippen LogP contribution in [0.25, 0.3) is 11.4 Å². The summed E-state index contributed by atoms with van der Waals surface area (Å²) in [6, 6.07) is 2.16. The number of fused-ring (bicyclic) bond motifs is 1. The van der Waals surface area contributed by atoms with Gasteiger partial charge in [0.2, 0.25) is 0 Å². The third-order valence-electron chi connectivity index (χ3n) is 5.85. The van der Waals surface area contributed by atoms with Gasteiger partial charge in [0, 0.05) is 50.2 Å². The molecule has 1 fully saturated rings. The highest BCUT2D eigenvalue weighted by molar-refractivity contribution is 7.14. The van der Waals surface area contributed by atoms with Gasteiger partial charge in [0.25, 0.3) is 0 Å². The SMILES string of the molecule is Fc1ccc(F)c(CN2CCCCc3ncc(-c4csc(N5CCNCC5)n4)nc32)c1Cl. The molecule has 3 aromatic rings. The first-order valence-electron chi connectivity index (χ1n) is 10.7. The van der Waals surface area contributed by atoms with Crippen molar-refractivity contribution < 1.29 is 8.78 Å². The normalized spacial score (nSPS) is 16.7. The van der Waals surface area contributed by atoms with Gasteiger partial charge in [-0.3, -0.25) is 4.98 Å². The molecule has 168 valence electrons. The number of nitrogens with one attached hydrogen (secondary N) is 1. The summed E-state index contributed by atoms with van der Waals surface area (Å²) in [5, 5.41) is 6.14.